The molecule has 0 spiro atoms. The number of hydrogen-bond acceptors (Lipinski definition) is 0. The van der Waals surface area contributed by atoms with Gasteiger partial charge in [-0.25, -0.2) is 0 Å². The molecule has 0 aliphatic rings. The summed E-state index contributed by atoms with van der Waals surface area (Å²) in [6, 6.07) is 66.5. The van der Waals surface area contributed by atoms with E-state index in [1.807, 2.05) is 0 Å². The van der Waals surface area contributed by atoms with Crippen molar-refractivity contribution in [3.8, 4) is 44.5 Å². The van der Waals surface area contributed by atoms with Crippen LogP contribution in [-0.4, -0.2) is 0 Å². The smallest absolute Gasteiger partial charge is 0.00261 e. The molecule has 0 N–H and O–H groups in total. The Balaban J connectivity index is 1.21. The van der Waals surface area contributed by atoms with E-state index in [0.29, 0.717) is 0 Å². The predicted molar refractivity (Wildman–Crippen MR) is 198 cm³/mol. The molecule has 0 aliphatic heterocycles. The Hall–Kier alpha value is -5.98. The van der Waals surface area contributed by atoms with Gasteiger partial charge in [0, 0.05) is 0 Å². The molecule has 9 rings (SSSR count). The molecule has 46 heavy (non-hydrogen) atoms. The predicted octanol–water partition coefficient (Wildman–Crippen LogP) is 13.0. The highest BCUT2D eigenvalue weighted by Crippen LogP contribution is 2.44. The third-order valence-electron chi connectivity index (χ3n) is 9.44. The van der Waals surface area contributed by atoms with Crippen LogP contribution in [0.25, 0.3) is 87.6 Å². The van der Waals surface area contributed by atoms with Crippen molar-refractivity contribution in [3.05, 3.63) is 182 Å². The maximum atomic E-state index is 2.40. The van der Waals surface area contributed by atoms with Crippen LogP contribution < -0.4 is 0 Å². The van der Waals surface area contributed by atoms with Crippen LogP contribution in [0.4, 0.5) is 0 Å². The van der Waals surface area contributed by atoms with Crippen LogP contribution in [0, 0.1) is 0 Å². The van der Waals surface area contributed by atoms with Gasteiger partial charge in [0.15, 0.2) is 0 Å². The van der Waals surface area contributed by atoms with E-state index in [2.05, 4.69) is 182 Å². The second kappa shape index (κ2) is 10.9. The average Bonchev–Trinajstić information content (AvgIpc) is 3.13. The van der Waals surface area contributed by atoms with E-state index in [4.69, 9.17) is 0 Å². The topological polar surface area (TPSA) is 0 Å². The van der Waals surface area contributed by atoms with Gasteiger partial charge in [-0.3, -0.25) is 0 Å². The molecule has 0 radical (unpaired) electrons. The summed E-state index contributed by atoms with van der Waals surface area (Å²) in [5, 5.41) is 10.1. The van der Waals surface area contributed by atoms with Crippen molar-refractivity contribution in [2.75, 3.05) is 0 Å². The van der Waals surface area contributed by atoms with E-state index in [9.17, 15) is 0 Å². The van der Waals surface area contributed by atoms with E-state index in [-0.39, 0.29) is 0 Å². The fourth-order valence-corrected chi connectivity index (χ4v) is 7.25. The third-order valence-corrected chi connectivity index (χ3v) is 9.44. The lowest BCUT2D eigenvalue weighted by Crippen LogP contribution is -1.91. The summed E-state index contributed by atoms with van der Waals surface area (Å²) < 4.78 is 0. The quantitative estimate of drug-likeness (QED) is 0.181. The highest BCUT2D eigenvalue weighted by molar-refractivity contribution is 6.22. The van der Waals surface area contributed by atoms with E-state index in [1.54, 1.807) is 0 Å². The monoisotopic (exact) mass is 582 g/mol. The molecular weight excluding hydrogens is 553 g/mol. The van der Waals surface area contributed by atoms with Crippen LogP contribution in [0.15, 0.2) is 182 Å². The van der Waals surface area contributed by atoms with Crippen LogP contribution in [-0.2, 0) is 0 Å². The van der Waals surface area contributed by atoms with Crippen molar-refractivity contribution in [1.29, 1.82) is 0 Å². The first-order valence-electron chi connectivity index (χ1n) is 15.9. The Kier molecular flexibility index (Phi) is 6.25. The fourth-order valence-electron chi connectivity index (χ4n) is 7.25. The maximum absolute atomic E-state index is 2.40. The molecule has 0 amide bonds. The molecule has 0 aromatic heterocycles. The molecule has 0 unspecified atom stereocenters. The summed E-state index contributed by atoms with van der Waals surface area (Å²) in [4.78, 5) is 0. The van der Waals surface area contributed by atoms with Gasteiger partial charge < -0.3 is 0 Å². The SMILES string of the molecule is c1ccc(-c2c3ccccc3c(-c3ccc4cccc(-c5ccc(-c6ccc7ccccc7c6)cc5)c4c3)c3ccccc23)cc1. The van der Waals surface area contributed by atoms with Gasteiger partial charge in [0.2, 0.25) is 0 Å². The molecule has 0 saturated heterocycles. The summed E-state index contributed by atoms with van der Waals surface area (Å²) in [7, 11) is 0. The minimum atomic E-state index is 1.22. The minimum Gasteiger partial charge on any atom is -0.0622 e. The van der Waals surface area contributed by atoms with Crippen molar-refractivity contribution in [2.24, 2.45) is 0 Å². The summed E-state index contributed by atoms with van der Waals surface area (Å²) in [6.07, 6.45) is 0. The Morgan fingerprint density at radius 3 is 1.41 bits per heavy atom. The van der Waals surface area contributed by atoms with Gasteiger partial charge in [-0.1, -0.05) is 170 Å². The van der Waals surface area contributed by atoms with Gasteiger partial charge >= 0.3 is 0 Å². The highest BCUT2D eigenvalue weighted by atomic mass is 14.2. The van der Waals surface area contributed by atoms with Gasteiger partial charge in [0.05, 0.1) is 0 Å². The lowest BCUT2D eigenvalue weighted by Gasteiger charge is -2.18. The standard InChI is InChI=1S/C46H30/c1-2-12-35(13-3-1)45-40-16-6-8-18-42(40)46(43-19-9-7-17-41(43)45)38-28-26-33-15-10-20-39(44(33)30-38)34-24-21-32(22-25-34)37-27-23-31-11-4-5-14-36(31)29-37/h1-30H. The van der Waals surface area contributed by atoms with Crippen LogP contribution in [0.3, 0.4) is 0 Å². The normalized spacial score (nSPS) is 11.5. The van der Waals surface area contributed by atoms with E-state index in [1.165, 1.54) is 87.6 Å². The van der Waals surface area contributed by atoms with Crippen molar-refractivity contribution in [1.82, 2.24) is 0 Å². The zero-order valence-electron chi connectivity index (χ0n) is 25.3. The van der Waals surface area contributed by atoms with Crippen LogP contribution >= 0.6 is 0 Å². The minimum absolute atomic E-state index is 1.22. The second-order valence-corrected chi connectivity index (χ2v) is 12.1. The molecule has 0 nitrogen and oxygen atoms in total. The number of rotatable bonds is 4. The zero-order valence-corrected chi connectivity index (χ0v) is 25.3. The Labute approximate surface area is 268 Å². The molecule has 0 heteroatoms. The largest absolute Gasteiger partial charge is 0.0622 e. The number of benzene rings is 9. The Morgan fingerprint density at radius 2 is 0.717 bits per heavy atom. The molecule has 0 fully saturated rings. The Bertz CT molecular complexity index is 2500. The first kappa shape index (κ1) is 26.4. The number of fused-ring (bicyclic) bond motifs is 4. The maximum Gasteiger partial charge on any atom is -0.00261 e. The molecular formula is C46H30. The van der Waals surface area contributed by atoms with E-state index in [0.717, 1.165) is 0 Å². The average molecular weight is 583 g/mol. The summed E-state index contributed by atoms with van der Waals surface area (Å²) in [5.41, 5.74) is 10.0. The van der Waals surface area contributed by atoms with Crippen molar-refractivity contribution < 1.29 is 0 Å². The lowest BCUT2D eigenvalue weighted by atomic mass is 9.85. The van der Waals surface area contributed by atoms with Gasteiger partial charge in [-0.15, -0.1) is 0 Å². The lowest BCUT2D eigenvalue weighted by molar-refractivity contribution is 1.62. The fraction of sp³-hybridized carbons (Fsp3) is 0. The number of hydrogen-bond donors (Lipinski definition) is 0. The van der Waals surface area contributed by atoms with Crippen LogP contribution in [0.5, 0.6) is 0 Å². The molecule has 0 aliphatic carbocycles. The van der Waals surface area contributed by atoms with Crippen molar-refractivity contribution in [2.45, 2.75) is 0 Å². The van der Waals surface area contributed by atoms with Crippen molar-refractivity contribution in [3.63, 3.8) is 0 Å². The molecule has 0 heterocycles. The molecule has 9 aromatic carbocycles. The Morgan fingerprint density at radius 1 is 0.217 bits per heavy atom. The molecule has 0 bridgehead atoms. The molecule has 214 valence electrons. The van der Waals surface area contributed by atoms with Crippen LogP contribution in [0.2, 0.25) is 0 Å². The summed E-state index contributed by atoms with van der Waals surface area (Å²) >= 11 is 0. The molecule has 9 aromatic rings. The van der Waals surface area contributed by atoms with E-state index >= 15 is 0 Å². The molecule has 0 saturated carbocycles. The first-order chi connectivity index (χ1) is 22.8. The van der Waals surface area contributed by atoms with Crippen molar-refractivity contribution >= 4 is 43.1 Å². The van der Waals surface area contributed by atoms with Gasteiger partial charge in [0.25, 0.3) is 0 Å². The second-order valence-electron chi connectivity index (χ2n) is 12.1. The summed E-state index contributed by atoms with van der Waals surface area (Å²) in [5.74, 6) is 0. The van der Waals surface area contributed by atoms with Crippen LogP contribution in [0.1, 0.15) is 0 Å². The van der Waals surface area contributed by atoms with Gasteiger partial charge in [-0.05, 0) is 99.7 Å². The third kappa shape index (κ3) is 4.38. The van der Waals surface area contributed by atoms with Gasteiger partial charge in [-0.2, -0.15) is 0 Å². The van der Waals surface area contributed by atoms with E-state index < -0.39 is 0 Å². The zero-order chi connectivity index (χ0) is 30.5. The molecule has 0 atom stereocenters. The van der Waals surface area contributed by atoms with Gasteiger partial charge in [0.1, 0.15) is 0 Å². The first-order valence-corrected chi connectivity index (χ1v) is 15.9. The highest BCUT2D eigenvalue weighted by Gasteiger charge is 2.17. The summed E-state index contributed by atoms with van der Waals surface area (Å²) in [6.45, 7) is 0.